The van der Waals surface area contributed by atoms with Gasteiger partial charge in [-0.05, 0) is 43.9 Å². The molecule has 0 aliphatic carbocycles. The lowest BCUT2D eigenvalue weighted by Crippen LogP contribution is -2.44. The van der Waals surface area contributed by atoms with Gasteiger partial charge in [-0.2, -0.15) is 0 Å². The van der Waals surface area contributed by atoms with Gasteiger partial charge in [-0.1, -0.05) is 12.1 Å². The highest BCUT2D eigenvalue weighted by atomic mass is 19.1. The third-order valence-corrected chi connectivity index (χ3v) is 3.66. The number of hydrogen-bond acceptors (Lipinski definition) is 2. The molecule has 1 heterocycles. The summed E-state index contributed by atoms with van der Waals surface area (Å²) in [4.78, 5) is 2.43. The number of hydrogen-bond donors (Lipinski definition) is 1. The number of aryl methyl sites for hydroxylation is 1. The first kappa shape index (κ1) is 12.5. The average Bonchev–Trinajstić information content (AvgIpc) is 2.27. The summed E-state index contributed by atoms with van der Waals surface area (Å²) in [7, 11) is 0. The molecule has 0 aromatic heterocycles. The second-order valence-electron chi connectivity index (χ2n) is 5.19. The van der Waals surface area contributed by atoms with Gasteiger partial charge in [-0.25, -0.2) is 4.39 Å². The molecule has 1 aromatic carbocycles. The first-order valence-corrected chi connectivity index (χ1v) is 6.31. The average molecular weight is 236 g/mol. The van der Waals surface area contributed by atoms with Crippen LogP contribution >= 0.6 is 0 Å². The van der Waals surface area contributed by atoms with Crippen LogP contribution in [-0.2, 0) is 6.54 Å². The minimum Gasteiger partial charge on any atom is -0.328 e. The molecule has 1 aromatic rings. The summed E-state index contributed by atoms with van der Waals surface area (Å²) in [6, 6.07) is 6.24. The molecule has 0 amide bonds. The lowest BCUT2D eigenvalue weighted by Gasteiger charge is -2.36. The number of nitrogens with two attached hydrogens (primary N) is 1. The van der Waals surface area contributed by atoms with Crippen molar-refractivity contribution in [2.24, 2.45) is 5.73 Å². The summed E-state index contributed by atoms with van der Waals surface area (Å²) in [5, 5.41) is 0. The van der Waals surface area contributed by atoms with Gasteiger partial charge in [0, 0.05) is 25.2 Å². The van der Waals surface area contributed by atoms with Crippen molar-refractivity contribution in [3.05, 3.63) is 35.1 Å². The summed E-state index contributed by atoms with van der Waals surface area (Å²) in [5.74, 6) is -0.123. The molecule has 2 nitrogen and oxygen atoms in total. The molecule has 0 spiro atoms. The number of halogens is 1. The van der Waals surface area contributed by atoms with Crippen molar-refractivity contribution in [1.29, 1.82) is 0 Å². The van der Waals surface area contributed by atoms with Crippen molar-refractivity contribution in [1.82, 2.24) is 4.90 Å². The van der Waals surface area contributed by atoms with Crippen LogP contribution in [0.25, 0.3) is 0 Å². The van der Waals surface area contributed by atoms with Gasteiger partial charge in [0.25, 0.3) is 0 Å². The fraction of sp³-hybridized carbons (Fsp3) is 0.571. The summed E-state index contributed by atoms with van der Waals surface area (Å²) >= 11 is 0. The maximum atomic E-state index is 13.2. The van der Waals surface area contributed by atoms with E-state index in [2.05, 4.69) is 11.8 Å². The molecule has 1 aliphatic rings. The Morgan fingerprint density at radius 3 is 2.88 bits per heavy atom. The molecule has 2 unspecified atom stereocenters. The molecule has 2 atom stereocenters. The molecule has 1 fully saturated rings. The van der Waals surface area contributed by atoms with Crippen molar-refractivity contribution in [2.75, 3.05) is 6.54 Å². The van der Waals surface area contributed by atoms with Crippen LogP contribution in [0.2, 0.25) is 0 Å². The molecule has 94 valence electrons. The molecule has 2 rings (SSSR count). The van der Waals surface area contributed by atoms with Crippen LogP contribution in [0.1, 0.15) is 30.9 Å². The highest BCUT2D eigenvalue weighted by molar-refractivity contribution is 5.24. The van der Waals surface area contributed by atoms with Gasteiger partial charge in [0.05, 0.1) is 0 Å². The number of benzene rings is 1. The molecule has 17 heavy (non-hydrogen) atoms. The number of piperidine rings is 1. The van der Waals surface area contributed by atoms with Gasteiger partial charge >= 0.3 is 0 Å². The van der Waals surface area contributed by atoms with Crippen LogP contribution in [0.5, 0.6) is 0 Å². The van der Waals surface area contributed by atoms with E-state index in [1.807, 2.05) is 19.1 Å². The van der Waals surface area contributed by atoms with Gasteiger partial charge in [-0.15, -0.1) is 0 Å². The standard InChI is InChI=1S/C14H21FN2/c1-10-7-12(3-4-14(10)15)9-17-6-5-13(16)8-11(17)2/h3-4,7,11,13H,5-6,8-9,16H2,1-2H3. The van der Waals surface area contributed by atoms with E-state index in [0.29, 0.717) is 12.1 Å². The maximum absolute atomic E-state index is 13.2. The van der Waals surface area contributed by atoms with Crippen molar-refractivity contribution in [3.63, 3.8) is 0 Å². The Balaban J connectivity index is 2.02. The van der Waals surface area contributed by atoms with Crippen LogP contribution in [0.15, 0.2) is 18.2 Å². The Morgan fingerprint density at radius 1 is 1.47 bits per heavy atom. The molecular formula is C14H21FN2. The Morgan fingerprint density at radius 2 is 2.24 bits per heavy atom. The predicted octanol–water partition coefficient (Wildman–Crippen LogP) is 2.45. The van der Waals surface area contributed by atoms with E-state index in [0.717, 1.165) is 31.5 Å². The van der Waals surface area contributed by atoms with Crippen molar-refractivity contribution < 1.29 is 4.39 Å². The van der Waals surface area contributed by atoms with E-state index in [4.69, 9.17) is 5.73 Å². The monoisotopic (exact) mass is 236 g/mol. The van der Waals surface area contributed by atoms with Gasteiger partial charge < -0.3 is 5.73 Å². The van der Waals surface area contributed by atoms with Crippen molar-refractivity contribution in [3.8, 4) is 0 Å². The zero-order valence-corrected chi connectivity index (χ0v) is 10.6. The fourth-order valence-corrected chi connectivity index (χ4v) is 2.53. The van der Waals surface area contributed by atoms with E-state index in [-0.39, 0.29) is 5.82 Å². The van der Waals surface area contributed by atoms with Crippen LogP contribution in [0.3, 0.4) is 0 Å². The smallest absolute Gasteiger partial charge is 0.126 e. The third-order valence-electron chi connectivity index (χ3n) is 3.66. The minimum atomic E-state index is -0.123. The van der Waals surface area contributed by atoms with Gasteiger partial charge in [0.1, 0.15) is 5.82 Å². The topological polar surface area (TPSA) is 29.3 Å². The minimum absolute atomic E-state index is 0.123. The largest absolute Gasteiger partial charge is 0.328 e. The van der Waals surface area contributed by atoms with Crippen LogP contribution in [-0.4, -0.2) is 23.5 Å². The van der Waals surface area contributed by atoms with Crippen LogP contribution in [0.4, 0.5) is 4.39 Å². The molecule has 0 saturated carbocycles. The first-order chi connectivity index (χ1) is 8.06. The van der Waals surface area contributed by atoms with Gasteiger partial charge in [0.2, 0.25) is 0 Å². The Bertz CT molecular complexity index is 392. The summed E-state index contributed by atoms with van der Waals surface area (Å²) in [6.45, 7) is 5.97. The molecular weight excluding hydrogens is 215 g/mol. The second-order valence-corrected chi connectivity index (χ2v) is 5.19. The van der Waals surface area contributed by atoms with E-state index in [1.165, 1.54) is 5.56 Å². The zero-order valence-electron chi connectivity index (χ0n) is 10.6. The Kier molecular flexibility index (Phi) is 3.79. The summed E-state index contributed by atoms with van der Waals surface area (Å²) in [5.41, 5.74) is 7.86. The predicted molar refractivity (Wildman–Crippen MR) is 68.2 cm³/mol. The molecule has 3 heteroatoms. The molecule has 1 aliphatic heterocycles. The maximum Gasteiger partial charge on any atom is 0.126 e. The number of likely N-dealkylation sites (tertiary alicyclic amines) is 1. The Hall–Kier alpha value is -0.930. The molecule has 0 radical (unpaired) electrons. The first-order valence-electron chi connectivity index (χ1n) is 6.31. The normalized spacial score (nSPS) is 26.1. The van der Waals surface area contributed by atoms with Crippen molar-refractivity contribution >= 4 is 0 Å². The molecule has 0 bridgehead atoms. The quantitative estimate of drug-likeness (QED) is 0.854. The highest BCUT2D eigenvalue weighted by Crippen LogP contribution is 2.19. The van der Waals surface area contributed by atoms with E-state index in [9.17, 15) is 4.39 Å². The van der Waals surface area contributed by atoms with Gasteiger partial charge in [0.15, 0.2) is 0 Å². The summed E-state index contributed by atoms with van der Waals surface area (Å²) < 4.78 is 13.2. The number of nitrogens with zero attached hydrogens (tertiary/aromatic N) is 1. The SMILES string of the molecule is Cc1cc(CN2CCC(N)CC2C)ccc1F. The van der Waals surface area contributed by atoms with Crippen LogP contribution < -0.4 is 5.73 Å². The molecule has 1 saturated heterocycles. The van der Waals surface area contributed by atoms with Gasteiger partial charge in [-0.3, -0.25) is 4.90 Å². The van der Waals surface area contributed by atoms with Crippen LogP contribution in [0, 0.1) is 12.7 Å². The van der Waals surface area contributed by atoms with E-state index < -0.39 is 0 Å². The zero-order chi connectivity index (χ0) is 12.4. The lowest BCUT2D eigenvalue weighted by atomic mass is 9.98. The third kappa shape index (κ3) is 3.05. The highest BCUT2D eigenvalue weighted by Gasteiger charge is 2.22. The van der Waals surface area contributed by atoms with E-state index >= 15 is 0 Å². The molecule has 2 N–H and O–H groups in total. The summed E-state index contributed by atoms with van der Waals surface area (Å²) in [6.07, 6.45) is 2.12. The van der Waals surface area contributed by atoms with Crippen molar-refractivity contribution in [2.45, 2.75) is 45.3 Å². The Labute approximate surface area is 103 Å². The second kappa shape index (κ2) is 5.15. The fourth-order valence-electron chi connectivity index (χ4n) is 2.53. The van der Waals surface area contributed by atoms with E-state index in [1.54, 1.807) is 6.07 Å². The number of rotatable bonds is 2. The lowest BCUT2D eigenvalue weighted by molar-refractivity contribution is 0.140.